The first kappa shape index (κ1) is 33.4. The van der Waals surface area contributed by atoms with Gasteiger partial charge in [0.25, 0.3) is 11.5 Å². The monoisotopic (exact) mass is 610 g/mol. The highest BCUT2D eigenvalue weighted by atomic mass is 16.4. The molecule has 0 radical (unpaired) electrons. The Bertz CT molecular complexity index is 1550. The number of H-pyrrole nitrogens is 1. The van der Waals surface area contributed by atoms with Crippen LogP contribution in [0.1, 0.15) is 62.5 Å². The maximum atomic E-state index is 12.7. The van der Waals surface area contributed by atoms with Crippen molar-refractivity contribution in [2.45, 2.75) is 64.6 Å². The number of aromatic amines is 1. The van der Waals surface area contributed by atoms with Gasteiger partial charge in [-0.3, -0.25) is 19.4 Å². The summed E-state index contributed by atoms with van der Waals surface area (Å²) >= 11 is 0. The van der Waals surface area contributed by atoms with Crippen LogP contribution in [-0.4, -0.2) is 78.4 Å². The average Bonchev–Trinajstić information content (AvgIpc) is 2.99. The number of amides is 2. The second-order valence-electron chi connectivity index (χ2n) is 10.5. The molecule has 3 aromatic rings. The van der Waals surface area contributed by atoms with E-state index < -0.39 is 34.9 Å². The number of aliphatic carboxylic acids is 1. The van der Waals surface area contributed by atoms with Crippen LogP contribution in [-0.2, 0) is 16.1 Å². The number of fused-ring (bicyclic) bond motifs is 1. The van der Waals surface area contributed by atoms with Crippen LogP contribution in [0, 0.1) is 0 Å². The maximum absolute atomic E-state index is 12.7. The number of carbonyl (C=O) groups is 3. The number of rotatable bonds is 16. The molecule has 9 N–H and O–H groups in total. The van der Waals surface area contributed by atoms with Crippen molar-refractivity contribution in [3.8, 4) is 0 Å². The molecule has 1 unspecified atom stereocenters. The summed E-state index contributed by atoms with van der Waals surface area (Å²) in [4.78, 5) is 63.5. The zero-order chi connectivity index (χ0) is 32.3. The topological polar surface area (TPSA) is 250 Å². The van der Waals surface area contributed by atoms with Gasteiger partial charge in [-0.2, -0.15) is 4.98 Å². The standard InChI is InChI=1S/C28H38N10O6/c1-4-12-33-28(2,3)20(38-44)11-13-30-21(39)10-9-19(26(42)43)35-24(40)16-5-7-17(8-6-16)31-14-18-15-32-23-22(34-18)25(41)37-27(29)36-23/h5-8,15,19,31,33,44H,4,9-14H2,1-3H3,(H,30,39)(H,35,40)(H,42,43)(H3,29,32,36,37,41)/b38-20+. The Labute approximate surface area is 253 Å². The Balaban J connectivity index is 1.48. The van der Waals surface area contributed by atoms with Gasteiger partial charge in [0, 0.05) is 30.6 Å². The molecule has 0 saturated carbocycles. The fourth-order valence-electron chi connectivity index (χ4n) is 4.20. The molecule has 16 heteroatoms. The molecule has 44 heavy (non-hydrogen) atoms. The Morgan fingerprint density at radius 1 is 1.11 bits per heavy atom. The van der Waals surface area contributed by atoms with Crippen LogP contribution in [0.15, 0.2) is 40.4 Å². The fourth-order valence-corrected chi connectivity index (χ4v) is 4.20. The van der Waals surface area contributed by atoms with E-state index in [2.05, 4.69) is 46.4 Å². The van der Waals surface area contributed by atoms with Gasteiger partial charge in [0.05, 0.1) is 29.7 Å². The minimum absolute atomic E-state index is 0.0538. The Kier molecular flexibility index (Phi) is 11.7. The van der Waals surface area contributed by atoms with Crippen LogP contribution in [0.2, 0.25) is 0 Å². The largest absolute Gasteiger partial charge is 0.480 e. The molecule has 2 aromatic heterocycles. The number of nitrogens with zero attached hydrogens (tertiary/aromatic N) is 4. The van der Waals surface area contributed by atoms with Crippen molar-refractivity contribution in [1.82, 2.24) is 35.9 Å². The van der Waals surface area contributed by atoms with Gasteiger partial charge >= 0.3 is 5.97 Å². The van der Waals surface area contributed by atoms with Crippen LogP contribution >= 0.6 is 0 Å². The van der Waals surface area contributed by atoms with Gasteiger partial charge in [-0.15, -0.1) is 0 Å². The smallest absolute Gasteiger partial charge is 0.326 e. The summed E-state index contributed by atoms with van der Waals surface area (Å²) in [7, 11) is 0. The van der Waals surface area contributed by atoms with Crippen molar-refractivity contribution in [2.24, 2.45) is 5.16 Å². The Morgan fingerprint density at radius 3 is 2.50 bits per heavy atom. The number of nitrogens with one attached hydrogen (secondary N) is 5. The lowest BCUT2D eigenvalue weighted by molar-refractivity contribution is -0.139. The molecule has 2 amide bonds. The minimum Gasteiger partial charge on any atom is -0.480 e. The lowest BCUT2D eigenvalue weighted by atomic mass is 9.95. The van der Waals surface area contributed by atoms with Gasteiger partial charge in [-0.25, -0.2) is 14.8 Å². The number of nitrogen functional groups attached to an aromatic ring is 1. The van der Waals surface area contributed by atoms with Crippen molar-refractivity contribution in [2.75, 3.05) is 24.1 Å². The first-order valence-electron chi connectivity index (χ1n) is 14.1. The SMILES string of the molecule is CCCNC(C)(C)/C(CCNC(=O)CCC(NC(=O)c1ccc(NCc2cnc3nc(N)[nH]c(=O)c3n2)cc1)C(=O)O)=N/O. The second kappa shape index (κ2) is 15.4. The molecule has 3 rings (SSSR count). The molecule has 0 fully saturated rings. The third-order valence-corrected chi connectivity index (χ3v) is 6.71. The minimum atomic E-state index is -1.28. The number of carboxylic acids is 1. The number of hydrogen-bond donors (Lipinski definition) is 8. The van der Waals surface area contributed by atoms with E-state index in [1.165, 1.54) is 18.3 Å². The van der Waals surface area contributed by atoms with Gasteiger partial charge in [-0.1, -0.05) is 12.1 Å². The number of carbonyl (C=O) groups excluding carboxylic acids is 2. The lowest BCUT2D eigenvalue weighted by Gasteiger charge is -2.27. The zero-order valence-corrected chi connectivity index (χ0v) is 24.8. The van der Waals surface area contributed by atoms with Crippen LogP contribution in [0.25, 0.3) is 11.2 Å². The molecule has 1 atom stereocenters. The molecule has 0 spiro atoms. The van der Waals surface area contributed by atoms with Gasteiger partial charge in [0.2, 0.25) is 11.9 Å². The average molecular weight is 611 g/mol. The van der Waals surface area contributed by atoms with E-state index in [1.54, 1.807) is 12.1 Å². The Morgan fingerprint density at radius 2 is 1.84 bits per heavy atom. The third-order valence-electron chi connectivity index (χ3n) is 6.71. The van der Waals surface area contributed by atoms with Crippen molar-refractivity contribution < 1.29 is 24.7 Å². The van der Waals surface area contributed by atoms with E-state index >= 15 is 0 Å². The van der Waals surface area contributed by atoms with Gasteiger partial charge in [-0.05, 0) is 57.5 Å². The Hall–Kier alpha value is -5.12. The third kappa shape index (κ3) is 9.45. The molecule has 0 bridgehead atoms. The highest BCUT2D eigenvalue weighted by Gasteiger charge is 2.25. The quantitative estimate of drug-likeness (QED) is 0.0642. The molecule has 0 aliphatic rings. The molecule has 0 aliphatic carbocycles. The van der Waals surface area contributed by atoms with Crippen molar-refractivity contribution in [3.63, 3.8) is 0 Å². The molecular formula is C28H38N10O6. The number of carboxylic acid groups (broad SMARTS) is 1. The van der Waals surface area contributed by atoms with Gasteiger partial charge in [0.1, 0.15) is 6.04 Å². The fraction of sp³-hybridized carbons (Fsp3) is 0.429. The number of benzene rings is 1. The van der Waals surface area contributed by atoms with Crippen molar-refractivity contribution in [1.29, 1.82) is 0 Å². The van der Waals surface area contributed by atoms with Crippen molar-refractivity contribution in [3.05, 3.63) is 52.1 Å². The highest BCUT2D eigenvalue weighted by molar-refractivity contribution is 5.97. The summed E-state index contributed by atoms with van der Waals surface area (Å²) in [5, 5.41) is 33.9. The van der Waals surface area contributed by atoms with Crippen LogP contribution in [0.5, 0.6) is 0 Å². The molecule has 1 aromatic carbocycles. The van der Waals surface area contributed by atoms with Gasteiger partial charge in [0.15, 0.2) is 11.2 Å². The van der Waals surface area contributed by atoms with Crippen molar-refractivity contribution >= 4 is 46.3 Å². The lowest BCUT2D eigenvalue weighted by Crippen LogP contribution is -2.48. The predicted octanol–water partition coefficient (Wildman–Crippen LogP) is 0.985. The molecule has 236 valence electrons. The van der Waals surface area contributed by atoms with Crippen LogP contribution < -0.4 is 32.6 Å². The van der Waals surface area contributed by atoms with Crippen LogP contribution in [0.4, 0.5) is 11.6 Å². The molecule has 2 heterocycles. The van der Waals surface area contributed by atoms with E-state index in [1.807, 2.05) is 20.8 Å². The molecule has 16 nitrogen and oxygen atoms in total. The van der Waals surface area contributed by atoms with E-state index in [9.17, 15) is 29.5 Å². The first-order valence-corrected chi connectivity index (χ1v) is 14.1. The van der Waals surface area contributed by atoms with E-state index in [0.717, 1.165) is 13.0 Å². The number of oxime groups is 1. The molecule has 0 aliphatic heterocycles. The molecular weight excluding hydrogens is 572 g/mol. The maximum Gasteiger partial charge on any atom is 0.326 e. The normalized spacial score (nSPS) is 12.5. The number of aromatic nitrogens is 4. The van der Waals surface area contributed by atoms with Crippen LogP contribution in [0.3, 0.4) is 0 Å². The second-order valence-corrected chi connectivity index (χ2v) is 10.5. The summed E-state index contributed by atoms with van der Waals surface area (Å²) < 4.78 is 0. The van der Waals surface area contributed by atoms with Gasteiger partial charge < -0.3 is 37.3 Å². The summed E-state index contributed by atoms with van der Waals surface area (Å²) in [5.74, 6) is -2.32. The predicted molar refractivity (Wildman–Crippen MR) is 163 cm³/mol. The molecule has 0 saturated heterocycles. The van der Waals surface area contributed by atoms with E-state index in [0.29, 0.717) is 23.5 Å². The first-order chi connectivity index (χ1) is 20.9. The van der Waals surface area contributed by atoms with E-state index in [-0.39, 0.29) is 48.6 Å². The highest BCUT2D eigenvalue weighted by Crippen LogP contribution is 2.13. The number of anilines is 2. The summed E-state index contributed by atoms with van der Waals surface area (Å²) in [5.41, 5.74) is 6.46. The summed E-state index contributed by atoms with van der Waals surface area (Å²) in [6.45, 7) is 6.95. The zero-order valence-electron chi connectivity index (χ0n) is 24.8. The summed E-state index contributed by atoms with van der Waals surface area (Å²) in [6.07, 6.45) is 2.43. The number of nitrogens with two attached hydrogens (primary N) is 1. The number of hydrogen-bond acceptors (Lipinski definition) is 12. The summed E-state index contributed by atoms with van der Waals surface area (Å²) in [6, 6.07) is 5.01. The van der Waals surface area contributed by atoms with E-state index in [4.69, 9.17) is 5.73 Å².